The van der Waals surface area contributed by atoms with Crippen molar-refractivity contribution in [1.82, 2.24) is 5.32 Å². The van der Waals surface area contributed by atoms with E-state index in [1.165, 1.54) is 5.56 Å². The first-order valence-electron chi connectivity index (χ1n) is 6.80. The van der Waals surface area contributed by atoms with Gasteiger partial charge in [0.2, 0.25) is 0 Å². The zero-order valence-corrected chi connectivity index (χ0v) is 11.5. The van der Waals surface area contributed by atoms with E-state index in [-0.39, 0.29) is 18.2 Å². The number of nitrogens with one attached hydrogen (secondary N) is 1. The lowest BCUT2D eigenvalue weighted by Crippen LogP contribution is -2.46. The van der Waals surface area contributed by atoms with Crippen LogP contribution in [0.3, 0.4) is 0 Å². The van der Waals surface area contributed by atoms with E-state index in [0.29, 0.717) is 6.61 Å². The van der Waals surface area contributed by atoms with Crippen LogP contribution >= 0.6 is 0 Å². The first-order valence-corrected chi connectivity index (χ1v) is 6.80. The maximum atomic E-state index is 6.01. The zero-order valence-electron chi connectivity index (χ0n) is 11.5. The van der Waals surface area contributed by atoms with Gasteiger partial charge in [-0.2, -0.15) is 0 Å². The molecule has 0 saturated heterocycles. The van der Waals surface area contributed by atoms with Gasteiger partial charge in [-0.05, 0) is 32.0 Å². The molecule has 3 nitrogen and oxygen atoms in total. The van der Waals surface area contributed by atoms with Crippen molar-refractivity contribution < 1.29 is 9.47 Å². The summed E-state index contributed by atoms with van der Waals surface area (Å²) in [5, 5.41) is 3.46. The van der Waals surface area contributed by atoms with Gasteiger partial charge in [0, 0.05) is 6.42 Å². The molecule has 1 aliphatic heterocycles. The van der Waals surface area contributed by atoms with Gasteiger partial charge >= 0.3 is 0 Å². The highest BCUT2D eigenvalue weighted by molar-refractivity contribution is 5.37. The summed E-state index contributed by atoms with van der Waals surface area (Å²) in [6.07, 6.45) is 1.41. The highest BCUT2D eigenvalue weighted by Crippen LogP contribution is 2.29. The monoisotopic (exact) mass is 249 g/mol. The van der Waals surface area contributed by atoms with Crippen LogP contribution in [-0.4, -0.2) is 31.4 Å². The molecular weight excluding hydrogens is 226 g/mol. The second kappa shape index (κ2) is 6.21. The molecule has 18 heavy (non-hydrogen) atoms. The Morgan fingerprint density at radius 3 is 2.83 bits per heavy atom. The van der Waals surface area contributed by atoms with Crippen LogP contribution in [-0.2, 0) is 11.2 Å². The summed E-state index contributed by atoms with van der Waals surface area (Å²) < 4.78 is 11.7. The summed E-state index contributed by atoms with van der Waals surface area (Å²) in [5.41, 5.74) is 1.30. The van der Waals surface area contributed by atoms with Gasteiger partial charge < -0.3 is 14.8 Å². The fourth-order valence-corrected chi connectivity index (χ4v) is 2.29. The number of para-hydroxylation sites is 1. The van der Waals surface area contributed by atoms with Crippen molar-refractivity contribution in [3.05, 3.63) is 29.8 Å². The van der Waals surface area contributed by atoms with E-state index < -0.39 is 0 Å². The highest BCUT2D eigenvalue weighted by atomic mass is 16.5. The van der Waals surface area contributed by atoms with Gasteiger partial charge in [0.15, 0.2) is 0 Å². The molecule has 1 aliphatic rings. The fourth-order valence-electron chi connectivity index (χ4n) is 2.29. The molecule has 1 N–H and O–H groups in total. The van der Waals surface area contributed by atoms with E-state index in [1.54, 1.807) is 0 Å². The molecule has 0 bridgehead atoms. The maximum Gasteiger partial charge on any atom is 0.123 e. The summed E-state index contributed by atoms with van der Waals surface area (Å²) in [4.78, 5) is 0. The second-order valence-corrected chi connectivity index (χ2v) is 5.01. The summed E-state index contributed by atoms with van der Waals surface area (Å²) in [6.45, 7) is 7.87. The Labute approximate surface area is 109 Å². The van der Waals surface area contributed by atoms with Gasteiger partial charge in [-0.3, -0.25) is 0 Å². The lowest BCUT2D eigenvalue weighted by atomic mass is 10.0. The van der Waals surface area contributed by atoms with E-state index in [9.17, 15) is 0 Å². The predicted octanol–water partition coefficient (Wildman–Crippen LogP) is 2.39. The maximum absolute atomic E-state index is 6.01. The van der Waals surface area contributed by atoms with Crippen LogP contribution in [0.25, 0.3) is 0 Å². The number of benzene rings is 1. The molecule has 0 aromatic heterocycles. The number of fused-ring (bicyclic) bond motifs is 1. The van der Waals surface area contributed by atoms with E-state index >= 15 is 0 Å². The number of likely N-dealkylation sites (N-methyl/N-ethyl adjacent to an activating group) is 1. The molecule has 0 fully saturated rings. The van der Waals surface area contributed by atoms with Crippen molar-refractivity contribution in [2.24, 2.45) is 0 Å². The van der Waals surface area contributed by atoms with Crippen molar-refractivity contribution in [1.29, 1.82) is 0 Å². The molecule has 2 unspecified atom stereocenters. The normalized spacial score (nSPS) is 19.7. The van der Waals surface area contributed by atoms with Gasteiger partial charge in [-0.15, -0.1) is 0 Å². The Hall–Kier alpha value is -1.06. The lowest BCUT2D eigenvalue weighted by molar-refractivity contribution is 0.0333. The molecule has 1 aromatic rings. The molecule has 0 aliphatic carbocycles. The lowest BCUT2D eigenvalue weighted by Gasteiger charge is -2.24. The number of ether oxygens (including phenoxy) is 2. The molecule has 3 heteroatoms. The second-order valence-electron chi connectivity index (χ2n) is 5.01. The third kappa shape index (κ3) is 3.24. The van der Waals surface area contributed by atoms with Crippen LogP contribution in [0.2, 0.25) is 0 Å². The van der Waals surface area contributed by atoms with Crippen LogP contribution < -0.4 is 10.1 Å². The molecule has 0 amide bonds. The van der Waals surface area contributed by atoms with Crippen LogP contribution in [0.5, 0.6) is 5.75 Å². The number of hydrogen-bond donors (Lipinski definition) is 1. The Bertz CT molecular complexity index is 354. The molecule has 2 atom stereocenters. The molecular formula is C15H23NO2. The molecule has 0 spiro atoms. The predicted molar refractivity (Wildman–Crippen MR) is 73.1 cm³/mol. The number of rotatable bonds is 6. The molecule has 0 radical (unpaired) electrons. The third-order valence-electron chi connectivity index (χ3n) is 3.20. The standard InChI is InChI=1S/C15H23NO2/c1-4-16-13(10-17-11(2)3)15-9-12-7-5-6-8-14(12)18-15/h5-8,11,13,15-16H,4,9-10H2,1-3H3. The fraction of sp³-hybridized carbons (Fsp3) is 0.600. The molecule has 2 rings (SSSR count). The minimum Gasteiger partial charge on any atom is -0.488 e. The van der Waals surface area contributed by atoms with Crippen molar-refractivity contribution >= 4 is 0 Å². The van der Waals surface area contributed by atoms with Crippen molar-refractivity contribution in [3.8, 4) is 5.75 Å². The van der Waals surface area contributed by atoms with Crippen LogP contribution in [0.1, 0.15) is 26.3 Å². The Morgan fingerprint density at radius 2 is 2.17 bits per heavy atom. The van der Waals surface area contributed by atoms with E-state index in [4.69, 9.17) is 9.47 Å². The minimum atomic E-state index is 0.182. The molecule has 0 saturated carbocycles. The first kappa shape index (κ1) is 13.4. The molecule has 100 valence electrons. The van der Waals surface area contributed by atoms with Gasteiger partial charge in [0.25, 0.3) is 0 Å². The largest absolute Gasteiger partial charge is 0.488 e. The van der Waals surface area contributed by atoms with E-state index in [1.807, 2.05) is 12.1 Å². The van der Waals surface area contributed by atoms with Crippen LogP contribution in [0.15, 0.2) is 24.3 Å². The molecule has 1 heterocycles. The SMILES string of the molecule is CCNC(COC(C)C)C1Cc2ccccc2O1. The quantitative estimate of drug-likeness (QED) is 0.839. The topological polar surface area (TPSA) is 30.5 Å². The van der Waals surface area contributed by atoms with E-state index in [0.717, 1.165) is 18.7 Å². The summed E-state index contributed by atoms with van der Waals surface area (Å²) in [6, 6.07) is 8.53. The average molecular weight is 249 g/mol. The minimum absolute atomic E-state index is 0.182. The first-order chi connectivity index (χ1) is 8.70. The zero-order chi connectivity index (χ0) is 13.0. The summed E-state index contributed by atoms with van der Waals surface area (Å²) >= 11 is 0. The van der Waals surface area contributed by atoms with Crippen molar-refractivity contribution in [2.45, 2.75) is 45.4 Å². The average Bonchev–Trinajstić information content (AvgIpc) is 2.77. The Kier molecular flexibility index (Phi) is 4.61. The number of hydrogen-bond acceptors (Lipinski definition) is 3. The van der Waals surface area contributed by atoms with Gasteiger partial charge in [0.05, 0.1) is 18.8 Å². The van der Waals surface area contributed by atoms with E-state index in [2.05, 4.69) is 38.2 Å². The van der Waals surface area contributed by atoms with Crippen LogP contribution in [0.4, 0.5) is 0 Å². The van der Waals surface area contributed by atoms with Gasteiger partial charge in [-0.1, -0.05) is 25.1 Å². The van der Waals surface area contributed by atoms with Crippen LogP contribution in [0, 0.1) is 0 Å². The highest BCUT2D eigenvalue weighted by Gasteiger charge is 2.29. The van der Waals surface area contributed by atoms with Crippen molar-refractivity contribution in [2.75, 3.05) is 13.2 Å². The summed E-state index contributed by atoms with van der Waals surface area (Å²) in [7, 11) is 0. The Balaban J connectivity index is 1.97. The summed E-state index contributed by atoms with van der Waals surface area (Å²) in [5.74, 6) is 1.02. The van der Waals surface area contributed by atoms with Crippen molar-refractivity contribution in [3.63, 3.8) is 0 Å². The molecule has 1 aromatic carbocycles. The smallest absolute Gasteiger partial charge is 0.123 e. The van der Waals surface area contributed by atoms with Gasteiger partial charge in [-0.25, -0.2) is 0 Å². The Morgan fingerprint density at radius 1 is 1.39 bits per heavy atom. The third-order valence-corrected chi connectivity index (χ3v) is 3.20. The van der Waals surface area contributed by atoms with Gasteiger partial charge in [0.1, 0.15) is 11.9 Å².